The zero-order chi connectivity index (χ0) is 15.4. The van der Waals surface area contributed by atoms with Gasteiger partial charge in [0.25, 0.3) is 0 Å². The van der Waals surface area contributed by atoms with Gasteiger partial charge < -0.3 is 0 Å². The number of ketones is 1. The average molecular weight is 304 g/mol. The zero-order valence-electron chi connectivity index (χ0n) is 12.3. The number of thiophene rings is 1. The smallest absolute Gasteiger partial charge is 0.203 e. The number of Topliss-reactive ketones (excluding diaryl/α,β-unsaturated/α-hetero) is 1. The predicted octanol–water partition coefficient (Wildman–Crippen LogP) is 5.48. The molecule has 0 saturated carbocycles. The minimum atomic E-state index is 0.0857. The highest BCUT2D eigenvalue weighted by Gasteiger charge is 2.17. The Balaban J connectivity index is 2.10. The molecule has 0 N–H and O–H groups in total. The van der Waals surface area contributed by atoms with Crippen LogP contribution >= 0.6 is 11.3 Å². The van der Waals surface area contributed by atoms with E-state index in [4.69, 9.17) is 0 Å². The molecule has 0 aliphatic rings. The van der Waals surface area contributed by atoms with Crippen LogP contribution in [-0.4, -0.2) is 5.78 Å². The number of hydrogen-bond donors (Lipinski definition) is 0. The first-order valence-corrected chi connectivity index (χ1v) is 8.04. The first-order valence-electron chi connectivity index (χ1n) is 7.16. The van der Waals surface area contributed by atoms with Crippen LogP contribution < -0.4 is 0 Å². The quantitative estimate of drug-likeness (QED) is 0.354. The van der Waals surface area contributed by atoms with Crippen molar-refractivity contribution >= 4 is 28.8 Å². The van der Waals surface area contributed by atoms with E-state index in [1.807, 2.05) is 85.1 Å². The molecule has 0 unspecified atom stereocenters. The Morgan fingerprint density at radius 2 is 1.55 bits per heavy atom. The van der Waals surface area contributed by atoms with Gasteiger partial charge in [-0.3, -0.25) is 4.79 Å². The monoisotopic (exact) mass is 304 g/mol. The van der Waals surface area contributed by atoms with E-state index in [0.717, 1.165) is 27.1 Å². The lowest BCUT2D eigenvalue weighted by atomic mass is 9.97. The molecule has 3 rings (SSSR count). The van der Waals surface area contributed by atoms with E-state index in [9.17, 15) is 4.79 Å². The minimum absolute atomic E-state index is 0.0857. The molecule has 22 heavy (non-hydrogen) atoms. The third-order valence-electron chi connectivity index (χ3n) is 3.51. The van der Waals surface area contributed by atoms with E-state index in [-0.39, 0.29) is 5.78 Å². The van der Waals surface area contributed by atoms with E-state index in [1.165, 1.54) is 11.3 Å². The summed E-state index contributed by atoms with van der Waals surface area (Å²) in [5.41, 5.74) is 3.75. The summed E-state index contributed by atoms with van der Waals surface area (Å²) in [5, 5.41) is 1.97. The molecule has 108 valence electrons. The summed E-state index contributed by atoms with van der Waals surface area (Å²) >= 11 is 1.50. The number of hydrogen-bond acceptors (Lipinski definition) is 2. The molecule has 0 aliphatic carbocycles. The van der Waals surface area contributed by atoms with E-state index in [1.54, 1.807) is 0 Å². The zero-order valence-corrected chi connectivity index (χ0v) is 13.1. The third kappa shape index (κ3) is 3.07. The molecule has 1 heterocycles. The molecule has 1 nitrogen and oxygen atoms in total. The standard InChI is InChI=1S/C20H16OS/c1-15-12-13-22-20(15)19(21)18(17-10-6-3-7-11-17)14-16-8-4-2-5-9-16/h2-14H,1H3. The lowest BCUT2D eigenvalue weighted by Crippen LogP contribution is -2.02. The molecule has 0 spiro atoms. The summed E-state index contributed by atoms with van der Waals surface area (Å²) in [6.45, 7) is 1.98. The van der Waals surface area contributed by atoms with Gasteiger partial charge in [0.2, 0.25) is 5.78 Å². The van der Waals surface area contributed by atoms with Crippen molar-refractivity contribution in [3.63, 3.8) is 0 Å². The molecule has 2 heteroatoms. The molecule has 0 bridgehead atoms. The summed E-state index contributed by atoms with van der Waals surface area (Å²) < 4.78 is 0. The van der Waals surface area contributed by atoms with Crippen molar-refractivity contribution in [1.29, 1.82) is 0 Å². The number of aryl methyl sites for hydroxylation is 1. The summed E-state index contributed by atoms with van der Waals surface area (Å²) in [5.74, 6) is 0.0857. The van der Waals surface area contributed by atoms with Gasteiger partial charge in [0, 0.05) is 5.57 Å². The summed E-state index contributed by atoms with van der Waals surface area (Å²) in [6.07, 6.45) is 1.97. The number of rotatable bonds is 4. The van der Waals surface area contributed by atoms with Crippen LogP contribution in [0.3, 0.4) is 0 Å². The average Bonchev–Trinajstić information content (AvgIpc) is 3.00. The maximum Gasteiger partial charge on any atom is 0.203 e. The highest BCUT2D eigenvalue weighted by molar-refractivity contribution is 7.12. The topological polar surface area (TPSA) is 17.1 Å². The van der Waals surface area contributed by atoms with Crippen LogP contribution in [0.4, 0.5) is 0 Å². The van der Waals surface area contributed by atoms with Crippen molar-refractivity contribution < 1.29 is 4.79 Å². The van der Waals surface area contributed by atoms with Crippen LogP contribution in [0.1, 0.15) is 26.4 Å². The van der Waals surface area contributed by atoms with Crippen molar-refractivity contribution in [3.05, 3.63) is 93.7 Å². The Morgan fingerprint density at radius 1 is 0.909 bits per heavy atom. The van der Waals surface area contributed by atoms with Crippen molar-refractivity contribution in [2.75, 3.05) is 0 Å². The lowest BCUT2D eigenvalue weighted by molar-refractivity contribution is 0.106. The van der Waals surface area contributed by atoms with Gasteiger partial charge >= 0.3 is 0 Å². The van der Waals surface area contributed by atoms with E-state index in [2.05, 4.69) is 0 Å². The van der Waals surface area contributed by atoms with E-state index in [0.29, 0.717) is 0 Å². The van der Waals surface area contributed by atoms with Crippen molar-refractivity contribution in [2.45, 2.75) is 6.92 Å². The van der Waals surface area contributed by atoms with Gasteiger partial charge in [0.1, 0.15) is 0 Å². The Morgan fingerprint density at radius 3 is 2.14 bits per heavy atom. The summed E-state index contributed by atoms with van der Waals surface area (Å²) in [4.78, 5) is 13.8. The Labute approximate surface area is 134 Å². The predicted molar refractivity (Wildman–Crippen MR) is 94.1 cm³/mol. The highest BCUT2D eigenvalue weighted by Crippen LogP contribution is 2.27. The second-order valence-electron chi connectivity index (χ2n) is 5.10. The SMILES string of the molecule is Cc1ccsc1C(=O)C(=Cc1ccccc1)c1ccccc1. The first-order chi connectivity index (χ1) is 10.8. The normalized spacial score (nSPS) is 11.4. The van der Waals surface area contributed by atoms with Gasteiger partial charge in [-0.1, -0.05) is 60.7 Å². The van der Waals surface area contributed by atoms with Gasteiger partial charge in [-0.2, -0.15) is 0 Å². The fourth-order valence-electron chi connectivity index (χ4n) is 2.34. The van der Waals surface area contributed by atoms with Gasteiger partial charge in [-0.25, -0.2) is 0 Å². The molecule has 0 amide bonds. The van der Waals surface area contributed by atoms with Crippen molar-refractivity contribution in [1.82, 2.24) is 0 Å². The first kappa shape index (κ1) is 14.5. The number of benzene rings is 2. The van der Waals surface area contributed by atoms with E-state index >= 15 is 0 Å². The number of carbonyl (C=O) groups excluding carboxylic acids is 1. The lowest BCUT2D eigenvalue weighted by Gasteiger charge is -2.07. The largest absolute Gasteiger partial charge is 0.288 e. The number of allylic oxidation sites excluding steroid dienone is 1. The maximum absolute atomic E-state index is 13.0. The molecule has 2 aromatic carbocycles. The molecule has 0 saturated heterocycles. The Kier molecular flexibility index (Phi) is 4.31. The van der Waals surface area contributed by atoms with Crippen molar-refractivity contribution in [3.8, 4) is 0 Å². The van der Waals surface area contributed by atoms with Gasteiger partial charge in [-0.15, -0.1) is 11.3 Å². The Hall–Kier alpha value is -2.45. The van der Waals surface area contributed by atoms with Crippen LogP contribution in [0.15, 0.2) is 72.1 Å². The molecule has 0 radical (unpaired) electrons. The molecule has 0 fully saturated rings. The second kappa shape index (κ2) is 6.54. The van der Waals surface area contributed by atoms with Crippen LogP contribution in [0, 0.1) is 6.92 Å². The van der Waals surface area contributed by atoms with Crippen LogP contribution in [0.5, 0.6) is 0 Å². The molecule has 3 aromatic rings. The Bertz CT molecular complexity index is 798. The van der Waals surface area contributed by atoms with E-state index < -0.39 is 0 Å². The maximum atomic E-state index is 13.0. The molecular formula is C20H16OS. The van der Waals surface area contributed by atoms with Crippen molar-refractivity contribution in [2.24, 2.45) is 0 Å². The molecule has 0 aliphatic heterocycles. The third-order valence-corrected chi connectivity index (χ3v) is 4.52. The molecular weight excluding hydrogens is 288 g/mol. The van der Waals surface area contributed by atoms with Gasteiger partial charge in [-0.05, 0) is 41.1 Å². The molecule has 0 atom stereocenters. The van der Waals surface area contributed by atoms with Crippen LogP contribution in [0.25, 0.3) is 11.6 Å². The van der Waals surface area contributed by atoms with Crippen LogP contribution in [-0.2, 0) is 0 Å². The van der Waals surface area contributed by atoms with Crippen LogP contribution in [0.2, 0.25) is 0 Å². The number of carbonyl (C=O) groups is 1. The van der Waals surface area contributed by atoms with Gasteiger partial charge in [0.05, 0.1) is 4.88 Å². The minimum Gasteiger partial charge on any atom is -0.288 e. The summed E-state index contributed by atoms with van der Waals surface area (Å²) in [7, 11) is 0. The fourth-order valence-corrected chi connectivity index (χ4v) is 3.22. The molecule has 1 aromatic heterocycles. The highest BCUT2D eigenvalue weighted by atomic mass is 32.1. The fraction of sp³-hybridized carbons (Fsp3) is 0.0500. The second-order valence-corrected chi connectivity index (χ2v) is 6.01. The van der Waals surface area contributed by atoms with Gasteiger partial charge in [0.15, 0.2) is 0 Å². The summed E-state index contributed by atoms with van der Waals surface area (Å²) in [6, 6.07) is 21.8.